The zero-order valence-corrected chi connectivity index (χ0v) is 21.1. The number of Topliss-reactive ketones (excluding diaryl/α,β-unsaturated/α-hetero) is 1. The first-order valence-corrected chi connectivity index (χ1v) is 12.6. The van der Waals surface area contributed by atoms with Gasteiger partial charge in [0.05, 0.1) is 6.61 Å². The fourth-order valence-electron chi connectivity index (χ4n) is 5.30. The van der Waals surface area contributed by atoms with Crippen molar-refractivity contribution in [1.82, 2.24) is 4.90 Å². The van der Waals surface area contributed by atoms with E-state index in [1.54, 1.807) is 41.3 Å². The maximum Gasteiger partial charge on any atom is 0.299 e. The van der Waals surface area contributed by atoms with Crippen LogP contribution in [0, 0.1) is 5.82 Å². The van der Waals surface area contributed by atoms with E-state index >= 15 is 0 Å². The molecule has 2 aliphatic heterocycles. The molecule has 0 atom stereocenters. The lowest BCUT2D eigenvalue weighted by atomic mass is 9.74. The predicted octanol–water partition coefficient (Wildman–Crippen LogP) is 5.28. The van der Waals surface area contributed by atoms with E-state index in [0.29, 0.717) is 60.1 Å². The summed E-state index contributed by atoms with van der Waals surface area (Å²) in [5.74, 6) is -1.17. The number of carbonyl (C=O) groups excluding carboxylic acids is 3. The van der Waals surface area contributed by atoms with Crippen molar-refractivity contribution in [2.75, 3.05) is 31.1 Å². The number of anilines is 1. The molecule has 8 heteroatoms. The van der Waals surface area contributed by atoms with Crippen LogP contribution in [0.25, 0.3) is 0 Å². The number of nitrogens with zero attached hydrogens (tertiary/aromatic N) is 2. The van der Waals surface area contributed by atoms with Crippen LogP contribution in [0.1, 0.15) is 46.0 Å². The van der Waals surface area contributed by atoms with Gasteiger partial charge < -0.3 is 14.5 Å². The third-order valence-corrected chi connectivity index (χ3v) is 7.48. The Morgan fingerprint density at radius 2 is 1.70 bits per heavy atom. The maximum atomic E-state index is 14.4. The molecule has 1 spiro atoms. The van der Waals surface area contributed by atoms with Crippen molar-refractivity contribution in [2.24, 2.45) is 0 Å². The molecule has 5 rings (SSSR count). The fraction of sp³-hybridized carbons (Fsp3) is 0.276. The second-order valence-electron chi connectivity index (χ2n) is 9.42. The van der Waals surface area contributed by atoms with Gasteiger partial charge in [0.2, 0.25) is 0 Å². The van der Waals surface area contributed by atoms with Crippen molar-refractivity contribution in [3.05, 3.63) is 94.3 Å². The number of ether oxygens (including phenoxy) is 1. The first-order valence-electron chi connectivity index (χ1n) is 12.3. The summed E-state index contributed by atoms with van der Waals surface area (Å²) in [6, 6.07) is 17.6. The Morgan fingerprint density at radius 1 is 0.973 bits per heavy atom. The quantitative estimate of drug-likeness (QED) is 0.339. The normalized spacial score (nSPS) is 16.0. The molecule has 3 aromatic carbocycles. The molecule has 0 N–H and O–H groups in total. The van der Waals surface area contributed by atoms with Crippen LogP contribution >= 0.6 is 11.6 Å². The second-order valence-corrected chi connectivity index (χ2v) is 9.86. The number of halogens is 2. The lowest BCUT2D eigenvalue weighted by Crippen LogP contribution is -2.48. The highest BCUT2D eigenvalue weighted by Gasteiger charge is 2.48. The molecule has 0 aliphatic carbocycles. The number of fused-ring (bicyclic) bond motifs is 2. The highest BCUT2D eigenvalue weighted by Crippen LogP contribution is 2.47. The number of ketones is 1. The molecule has 2 amide bonds. The van der Waals surface area contributed by atoms with Crippen LogP contribution in [0.15, 0.2) is 66.7 Å². The van der Waals surface area contributed by atoms with Gasteiger partial charge in [-0.3, -0.25) is 14.4 Å². The third kappa shape index (κ3) is 4.71. The summed E-state index contributed by atoms with van der Waals surface area (Å²) in [5.41, 5.74) is 1.49. The van der Waals surface area contributed by atoms with Crippen LogP contribution in [0.5, 0.6) is 5.75 Å². The maximum absolute atomic E-state index is 14.4. The lowest BCUT2D eigenvalue weighted by molar-refractivity contribution is -0.114. The molecular formula is C29H26ClFN2O4. The van der Waals surface area contributed by atoms with Crippen LogP contribution in [-0.4, -0.2) is 48.7 Å². The van der Waals surface area contributed by atoms with Gasteiger partial charge in [0.25, 0.3) is 17.6 Å². The Morgan fingerprint density at radius 3 is 2.41 bits per heavy atom. The highest BCUT2D eigenvalue weighted by atomic mass is 35.5. The monoisotopic (exact) mass is 520 g/mol. The summed E-state index contributed by atoms with van der Waals surface area (Å²) in [7, 11) is 0. The molecule has 37 heavy (non-hydrogen) atoms. The molecule has 0 saturated carbocycles. The minimum atomic E-state index is -0.668. The number of benzene rings is 3. The number of hydrogen-bond donors (Lipinski definition) is 0. The van der Waals surface area contributed by atoms with Crippen LogP contribution in [0.3, 0.4) is 0 Å². The predicted molar refractivity (Wildman–Crippen MR) is 139 cm³/mol. The summed E-state index contributed by atoms with van der Waals surface area (Å²) in [6.45, 7) is 3.54. The van der Waals surface area contributed by atoms with Crippen molar-refractivity contribution < 1.29 is 23.5 Å². The summed E-state index contributed by atoms with van der Waals surface area (Å²) in [5, 5.41) is 0.468. The zero-order chi connectivity index (χ0) is 26.2. The van der Waals surface area contributed by atoms with Gasteiger partial charge in [0.15, 0.2) is 0 Å². The van der Waals surface area contributed by atoms with E-state index in [4.69, 9.17) is 16.3 Å². The second kappa shape index (κ2) is 9.98. The van der Waals surface area contributed by atoms with E-state index in [1.165, 1.54) is 29.2 Å². The summed E-state index contributed by atoms with van der Waals surface area (Å²) in [4.78, 5) is 42.7. The molecule has 0 unspecified atom stereocenters. The molecule has 6 nitrogen and oxygen atoms in total. The molecule has 1 fully saturated rings. The average Bonchev–Trinajstić information content (AvgIpc) is 3.21. The van der Waals surface area contributed by atoms with Gasteiger partial charge in [-0.05, 0) is 86.0 Å². The molecular weight excluding hydrogens is 495 g/mol. The number of likely N-dealkylation sites (tertiary alicyclic amines) is 1. The number of amides is 2. The Balaban J connectivity index is 1.37. The van der Waals surface area contributed by atoms with Gasteiger partial charge in [-0.2, -0.15) is 0 Å². The van der Waals surface area contributed by atoms with E-state index in [2.05, 4.69) is 0 Å². The number of piperidine rings is 1. The lowest BCUT2D eigenvalue weighted by Gasteiger charge is -2.40. The Bertz CT molecular complexity index is 1370. The van der Waals surface area contributed by atoms with E-state index in [-0.39, 0.29) is 18.0 Å². The molecule has 1 saturated heterocycles. The minimum absolute atomic E-state index is 0.0975. The van der Waals surface area contributed by atoms with Crippen molar-refractivity contribution in [3.63, 3.8) is 0 Å². The third-order valence-electron chi connectivity index (χ3n) is 7.23. The average molecular weight is 521 g/mol. The SMILES string of the molecule is CCOc1cccc(C(=O)N2CCC3(CC2)CN(C(=O)C(=O)c2ccc(Cl)cc2)c2ccc(F)cc23)c1. The van der Waals surface area contributed by atoms with Gasteiger partial charge in [-0.1, -0.05) is 17.7 Å². The molecule has 190 valence electrons. The molecule has 0 bridgehead atoms. The van der Waals surface area contributed by atoms with Gasteiger partial charge in [0, 0.05) is 46.9 Å². The van der Waals surface area contributed by atoms with Crippen LogP contribution in [0.2, 0.25) is 5.02 Å². The minimum Gasteiger partial charge on any atom is -0.494 e. The van der Waals surface area contributed by atoms with Crippen molar-refractivity contribution in [2.45, 2.75) is 25.2 Å². The summed E-state index contributed by atoms with van der Waals surface area (Å²) < 4.78 is 19.9. The van der Waals surface area contributed by atoms with Gasteiger partial charge in [0.1, 0.15) is 11.6 Å². The van der Waals surface area contributed by atoms with Crippen molar-refractivity contribution in [3.8, 4) is 5.75 Å². The Labute approximate surface area is 219 Å². The van der Waals surface area contributed by atoms with Gasteiger partial charge >= 0.3 is 0 Å². The zero-order valence-electron chi connectivity index (χ0n) is 20.4. The van der Waals surface area contributed by atoms with Crippen LogP contribution in [-0.2, 0) is 10.2 Å². The number of hydrogen-bond acceptors (Lipinski definition) is 4. The van der Waals surface area contributed by atoms with E-state index in [1.807, 2.05) is 13.0 Å². The van der Waals surface area contributed by atoms with E-state index < -0.39 is 22.9 Å². The first-order chi connectivity index (χ1) is 17.8. The van der Waals surface area contributed by atoms with E-state index in [0.717, 1.165) is 0 Å². The van der Waals surface area contributed by atoms with Gasteiger partial charge in [-0.25, -0.2) is 4.39 Å². The first kappa shape index (κ1) is 25.0. The Hall–Kier alpha value is -3.71. The molecule has 3 aromatic rings. The topological polar surface area (TPSA) is 66.9 Å². The number of rotatable bonds is 5. The standard InChI is InChI=1S/C29H26ClFN2O4/c1-2-37-23-5-3-4-20(16-23)27(35)32-14-12-29(13-15-32)18-33(25-11-10-22(31)17-24(25)29)28(36)26(34)19-6-8-21(30)9-7-19/h3-11,16-17H,2,12-15,18H2,1H3. The largest absolute Gasteiger partial charge is 0.494 e. The van der Waals surface area contributed by atoms with Crippen molar-refractivity contribution in [1.29, 1.82) is 0 Å². The van der Waals surface area contributed by atoms with Crippen molar-refractivity contribution >= 4 is 34.9 Å². The van der Waals surface area contributed by atoms with Gasteiger partial charge in [-0.15, -0.1) is 0 Å². The van der Waals surface area contributed by atoms with E-state index in [9.17, 15) is 18.8 Å². The molecule has 2 aliphatic rings. The summed E-state index contributed by atoms with van der Waals surface area (Å²) in [6.07, 6.45) is 1.08. The smallest absolute Gasteiger partial charge is 0.299 e. The van der Waals surface area contributed by atoms with Crippen LogP contribution in [0.4, 0.5) is 10.1 Å². The number of carbonyl (C=O) groups is 3. The molecule has 0 radical (unpaired) electrons. The fourth-order valence-corrected chi connectivity index (χ4v) is 5.43. The van der Waals surface area contributed by atoms with Crippen LogP contribution < -0.4 is 9.64 Å². The Kier molecular flexibility index (Phi) is 6.73. The molecule has 0 aromatic heterocycles. The summed E-state index contributed by atoms with van der Waals surface area (Å²) >= 11 is 5.92. The molecule has 2 heterocycles. The highest BCUT2D eigenvalue weighted by molar-refractivity contribution is 6.47.